The van der Waals surface area contributed by atoms with E-state index in [0.717, 1.165) is 0 Å². The number of ether oxygens (including phenoxy) is 2. The Hall–Kier alpha value is -3.42. The molecule has 1 heterocycles. The first-order valence-corrected chi connectivity index (χ1v) is 8.28. The Morgan fingerprint density at radius 3 is 2.56 bits per heavy atom. The molecule has 0 saturated carbocycles. The van der Waals surface area contributed by atoms with Gasteiger partial charge in [-0.25, -0.2) is 14.4 Å². The Balaban J connectivity index is 1.99. The van der Waals surface area contributed by atoms with E-state index in [0.29, 0.717) is 33.9 Å². The van der Waals surface area contributed by atoms with Gasteiger partial charge in [-0.2, -0.15) is 0 Å². The highest BCUT2D eigenvalue weighted by atomic mass is 19.1. The summed E-state index contributed by atoms with van der Waals surface area (Å²) in [5.41, 5.74) is 1.33. The van der Waals surface area contributed by atoms with Crippen molar-refractivity contribution in [3.63, 3.8) is 0 Å². The topological polar surface area (TPSA) is 85.4 Å². The molecule has 0 radical (unpaired) electrons. The van der Waals surface area contributed by atoms with E-state index in [1.165, 1.54) is 18.5 Å². The van der Waals surface area contributed by atoms with Crippen LogP contribution in [0.2, 0.25) is 0 Å². The fraction of sp³-hybridized carbons (Fsp3) is 0.211. The van der Waals surface area contributed by atoms with Crippen LogP contribution in [0.25, 0.3) is 10.9 Å². The van der Waals surface area contributed by atoms with Crippen molar-refractivity contribution in [1.82, 2.24) is 9.97 Å². The lowest BCUT2D eigenvalue weighted by molar-refractivity contribution is -0.115. The summed E-state index contributed by atoms with van der Waals surface area (Å²) < 4.78 is 24.6. The van der Waals surface area contributed by atoms with Gasteiger partial charge in [0, 0.05) is 23.6 Å². The SMILES string of the molecule is CCC(=O)Nc1cc(Nc2ncnc3cc(OC)c(OC)cc23)ccc1F. The molecule has 8 heteroatoms. The average molecular weight is 370 g/mol. The molecule has 0 atom stereocenters. The van der Waals surface area contributed by atoms with Gasteiger partial charge < -0.3 is 20.1 Å². The predicted molar refractivity (Wildman–Crippen MR) is 101 cm³/mol. The number of carbonyl (C=O) groups is 1. The number of rotatable bonds is 6. The Bertz CT molecular complexity index is 994. The zero-order valence-electron chi connectivity index (χ0n) is 15.2. The minimum atomic E-state index is -0.513. The maximum atomic E-state index is 13.9. The Labute approximate surface area is 155 Å². The fourth-order valence-corrected chi connectivity index (χ4v) is 2.56. The number of nitrogens with one attached hydrogen (secondary N) is 2. The fourth-order valence-electron chi connectivity index (χ4n) is 2.56. The van der Waals surface area contributed by atoms with E-state index >= 15 is 0 Å². The van der Waals surface area contributed by atoms with Crippen molar-refractivity contribution in [2.45, 2.75) is 13.3 Å². The second-order valence-corrected chi connectivity index (χ2v) is 5.67. The van der Waals surface area contributed by atoms with Crippen LogP contribution in [0, 0.1) is 5.82 Å². The summed E-state index contributed by atoms with van der Waals surface area (Å²) in [7, 11) is 3.10. The van der Waals surface area contributed by atoms with Gasteiger partial charge in [0.25, 0.3) is 0 Å². The molecule has 2 aromatic carbocycles. The second kappa shape index (κ2) is 7.86. The van der Waals surface area contributed by atoms with E-state index in [2.05, 4.69) is 20.6 Å². The van der Waals surface area contributed by atoms with Gasteiger partial charge in [-0.3, -0.25) is 4.79 Å². The van der Waals surface area contributed by atoms with Gasteiger partial charge in [0.2, 0.25) is 5.91 Å². The van der Waals surface area contributed by atoms with Crippen LogP contribution in [0.4, 0.5) is 21.6 Å². The number of benzene rings is 2. The molecule has 0 spiro atoms. The lowest BCUT2D eigenvalue weighted by Gasteiger charge is -2.13. The van der Waals surface area contributed by atoms with Gasteiger partial charge in [-0.15, -0.1) is 0 Å². The van der Waals surface area contributed by atoms with Gasteiger partial charge in [-0.05, 0) is 24.3 Å². The lowest BCUT2D eigenvalue weighted by atomic mass is 10.2. The molecule has 1 amide bonds. The molecular formula is C19H19FN4O3. The van der Waals surface area contributed by atoms with Crippen LogP contribution in [0.15, 0.2) is 36.7 Å². The van der Waals surface area contributed by atoms with Crippen LogP contribution < -0.4 is 20.1 Å². The molecule has 140 valence electrons. The van der Waals surface area contributed by atoms with Crippen molar-refractivity contribution in [3.8, 4) is 11.5 Å². The molecule has 3 rings (SSSR count). The van der Waals surface area contributed by atoms with Gasteiger partial charge in [0.1, 0.15) is 18.0 Å². The van der Waals surface area contributed by atoms with Crippen molar-refractivity contribution in [3.05, 3.63) is 42.5 Å². The number of carbonyl (C=O) groups excluding carboxylic acids is 1. The summed E-state index contributed by atoms with van der Waals surface area (Å²) in [6.07, 6.45) is 1.68. The van der Waals surface area contributed by atoms with E-state index < -0.39 is 5.82 Å². The monoisotopic (exact) mass is 370 g/mol. The van der Waals surface area contributed by atoms with E-state index in [-0.39, 0.29) is 18.0 Å². The van der Waals surface area contributed by atoms with E-state index in [1.54, 1.807) is 39.3 Å². The van der Waals surface area contributed by atoms with Gasteiger partial charge in [0.05, 0.1) is 25.4 Å². The van der Waals surface area contributed by atoms with Gasteiger partial charge >= 0.3 is 0 Å². The van der Waals surface area contributed by atoms with Crippen LogP contribution >= 0.6 is 0 Å². The van der Waals surface area contributed by atoms with Gasteiger partial charge in [0.15, 0.2) is 11.5 Å². The normalized spacial score (nSPS) is 10.5. The number of anilines is 3. The number of nitrogens with zero attached hydrogens (tertiary/aromatic N) is 2. The highest BCUT2D eigenvalue weighted by Crippen LogP contribution is 2.34. The molecule has 0 aliphatic heterocycles. The summed E-state index contributed by atoms with van der Waals surface area (Å²) in [6, 6.07) is 7.86. The third kappa shape index (κ3) is 3.89. The Morgan fingerprint density at radius 2 is 1.85 bits per heavy atom. The maximum absolute atomic E-state index is 13.9. The van der Waals surface area contributed by atoms with E-state index in [4.69, 9.17) is 9.47 Å². The number of fused-ring (bicyclic) bond motifs is 1. The number of hydrogen-bond acceptors (Lipinski definition) is 6. The molecule has 0 aliphatic rings. The van der Waals surface area contributed by atoms with Crippen LogP contribution in [-0.2, 0) is 4.79 Å². The highest BCUT2D eigenvalue weighted by molar-refractivity contribution is 5.94. The Morgan fingerprint density at radius 1 is 1.11 bits per heavy atom. The molecule has 0 saturated heterocycles. The van der Waals surface area contributed by atoms with Crippen molar-refractivity contribution >= 4 is 34.0 Å². The third-order valence-corrected chi connectivity index (χ3v) is 3.96. The maximum Gasteiger partial charge on any atom is 0.224 e. The number of methoxy groups -OCH3 is 2. The molecule has 0 fully saturated rings. The quantitative estimate of drug-likeness (QED) is 0.685. The minimum absolute atomic E-state index is 0.101. The van der Waals surface area contributed by atoms with Crippen LogP contribution in [-0.4, -0.2) is 30.1 Å². The number of amides is 1. The third-order valence-electron chi connectivity index (χ3n) is 3.96. The number of hydrogen-bond donors (Lipinski definition) is 2. The first-order valence-electron chi connectivity index (χ1n) is 8.28. The molecule has 27 heavy (non-hydrogen) atoms. The molecule has 7 nitrogen and oxygen atoms in total. The average Bonchev–Trinajstić information content (AvgIpc) is 2.69. The van der Waals surface area contributed by atoms with Crippen molar-refractivity contribution in [2.75, 3.05) is 24.9 Å². The first-order chi connectivity index (χ1) is 13.0. The molecule has 3 aromatic rings. The van der Waals surface area contributed by atoms with Crippen LogP contribution in [0.3, 0.4) is 0 Å². The van der Waals surface area contributed by atoms with Crippen LogP contribution in [0.5, 0.6) is 11.5 Å². The first kappa shape index (κ1) is 18.4. The summed E-state index contributed by atoms with van der Waals surface area (Å²) in [4.78, 5) is 20.1. The van der Waals surface area contributed by atoms with Gasteiger partial charge in [-0.1, -0.05) is 6.92 Å². The zero-order valence-corrected chi connectivity index (χ0v) is 15.2. The largest absolute Gasteiger partial charge is 0.493 e. The molecule has 0 unspecified atom stereocenters. The molecular weight excluding hydrogens is 351 g/mol. The number of aromatic nitrogens is 2. The smallest absolute Gasteiger partial charge is 0.224 e. The summed E-state index contributed by atoms with van der Waals surface area (Å²) in [5, 5.41) is 6.37. The summed E-state index contributed by atoms with van der Waals surface area (Å²) in [6.45, 7) is 1.70. The minimum Gasteiger partial charge on any atom is -0.493 e. The molecule has 2 N–H and O–H groups in total. The van der Waals surface area contributed by atoms with Crippen molar-refractivity contribution in [2.24, 2.45) is 0 Å². The molecule has 1 aromatic heterocycles. The van der Waals surface area contributed by atoms with E-state index in [1.807, 2.05) is 0 Å². The molecule has 0 aliphatic carbocycles. The standard InChI is InChI=1S/C19H19FN4O3/c1-4-18(25)24-15-7-11(5-6-13(15)20)23-19-12-8-16(26-2)17(27-3)9-14(12)21-10-22-19/h5-10H,4H2,1-3H3,(H,24,25)(H,21,22,23). The Kier molecular flexibility index (Phi) is 5.35. The van der Waals surface area contributed by atoms with Crippen molar-refractivity contribution < 1.29 is 18.7 Å². The summed E-state index contributed by atoms with van der Waals surface area (Å²) in [5.74, 6) is 0.829. The van der Waals surface area contributed by atoms with Crippen molar-refractivity contribution in [1.29, 1.82) is 0 Å². The predicted octanol–water partition coefficient (Wildman–Crippen LogP) is 3.88. The lowest BCUT2D eigenvalue weighted by Crippen LogP contribution is -2.11. The highest BCUT2D eigenvalue weighted by Gasteiger charge is 2.12. The summed E-state index contributed by atoms with van der Waals surface area (Å²) >= 11 is 0. The zero-order chi connectivity index (χ0) is 19.4. The number of halogens is 1. The van der Waals surface area contributed by atoms with E-state index in [9.17, 15) is 9.18 Å². The van der Waals surface area contributed by atoms with Crippen LogP contribution in [0.1, 0.15) is 13.3 Å². The molecule has 0 bridgehead atoms. The second-order valence-electron chi connectivity index (χ2n) is 5.67.